The molecule has 1 aliphatic carbocycles. The summed E-state index contributed by atoms with van der Waals surface area (Å²) < 4.78 is 36.7. The van der Waals surface area contributed by atoms with Gasteiger partial charge < -0.3 is 24.1 Å². The number of carbonyl (C=O) groups excluding carboxylic acids is 1. The monoisotopic (exact) mass is 688 g/mol. The number of carbonyl (C=O) groups is 2. The lowest BCUT2D eigenvalue weighted by Crippen LogP contribution is -2.19. The van der Waals surface area contributed by atoms with E-state index in [2.05, 4.69) is 10.3 Å². The number of carboxylic acid groups (broad SMARTS) is 1. The summed E-state index contributed by atoms with van der Waals surface area (Å²) in [5.41, 5.74) is 5.77. The first-order chi connectivity index (χ1) is 23.7. The molecule has 1 atom stereocenters. The maximum Gasteiger partial charge on any atom is 0.303 e. The number of alkyl halides is 1. The summed E-state index contributed by atoms with van der Waals surface area (Å²) in [6.45, 7) is 8.00. The molecule has 1 unspecified atom stereocenters. The van der Waals surface area contributed by atoms with Crippen LogP contribution < -0.4 is 9.62 Å². The molecule has 1 aliphatic rings. The summed E-state index contributed by atoms with van der Waals surface area (Å²) in [6.07, 6.45) is 5.93. The molecule has 11 heteroatoms. The van der Waals surface area contributed by atoms with Crippen molar-refractivity contribution in [3.8, 4) is 22.6 Å². The third-order valence-corrected chi connectivity index (χ3v) is 8.66. The van der Waals surface area contributed by atoms with Gasteiger partial charge in [-0.15, -0.1) is 0 Å². The molecule has 0 saturated carbocycles. The van der Waals surface area contributed by atoms with E-state index in [4.69, 9.17) is 9.40 Å². The zero-order chi connectivity index (χ0) is 35.8. The van der Waals surface area contributed by atoms with E-state index in [0.29, 0.717) is 67.0 Å². The summed E-state index contributed by atoms with van der Waals surface area (Å²) in [7, 11) is 3.44. The molecule has 8 nitrogen and oxygen atoms in total. The Morgan fingerprint density at radius 3 is 2.51 bits per heavy atom. The molecule has 0 radical (unpaired) electrons. The number of carboxylic acids is 1. The first-order valence-corrected chi connectivity index (χ1v) is 17.5. The summed E-state index contributed by atoms with van der Waals surface area (Å²) in [5.74, 6) is -1.32. The molecule has 0 fully saturated rings. The standard InChI is InChI=1S/C34H30F2N4O4S.2C2H6/c1-37-34(43)31-23-15-22(28(40(2)45-3)17-29(23)44-33(31)19-7-11-20(35)12-8-19)26-13-9-18(10-14-30(41)42)32(39-26)27-16-21-24(36)5-4-6-25(21)38-27;2*1-2/h4-9,11,13,15-17,20,38H,10,12,14H2,1-3H3,(H,37,43)(H,41,42);2*1-2H3. The minimum absolute atomic E-state index is 0.101. The Morgan fingerprint density at radius 1 is 1.12 bits per heavy atom. The highest BCUT2D eigenvalue weighted by Gasteiger charge is 2.26. The van der Waals surface area contributed by atoms with Crippen molar-refractivity contribution in [3.63, 3.8) is 0 Å². The number of nitrogens with zero attached hydrogens (tertiary/aromatic N) is 2. The molecular weight excluding hydrogens is 647 g/mol. The van der Waals surface area contributed by atoms with Gasteiger partial charge in [0.2, 0.25) is 0 Å². The number of aromatic nitrogens is 2. The zero-order valence-electron chi connectivity index (χ0n) is 28.8. The van der Waals surface area contributed by atoms with Crippen molar-refractivity contribution < 1.29 is 27.9 Å². The fraction of sp³-hybridized carbons (Fsp3) is 0.289. The number of halogens is 2. The van der Waals surface area contributed by atoms with Crippen LogP contribution in [0.15, 0.2) is 71.2 Å². The van der Waals surface area contributed by atoms with E-state index in [1.807, 2.05) is 69.6 Å². The summed E-state index contributed by atoms with van der Waals surface area (Å²) in [5, 5.41) is 13.0. The molecule has 3 N–H and O–H groups in total. The second-order valence-electron chi connectivity index (χ2n) is 10.7. The van der Waals surface area contributed by atoms with Crippen LogP contribution in [0.5, 0.6) is 0 Å². The Hall–Kier alpha value is -4.90. The summed E-state index contributed by atoms with van der Waals surface area (Å²) in [6, 6.07) is 13.8. The number of benzene rings is 2. The van der Waals surface area contributed by atoms with Gasteiger partial charge in [0, 0.05) is 66.7 Å². The van der Waals surface area contributed by atoms with Crippen LogP contribution >= 0.6 is 11.9 Å². The van der Waals surface area contributed by atoms with Gasteiger partial charge in [0.05, 0.1) is 28.3 Å². The SMILES string of the molecule is CC.CC.CNC(=O)c1c(C2=CCC(F)C=C2)oc2cc(N(C)SC)c(-c3ccc(CCC(=O)O)c(-c4cc5c(F)cccc5[nH]4)n3)cc12. The normalized spacial score (nSPS) is 13.7. The molecule has 1 amide bonds. The Bertz CT molecular complexity index is 2030. The van der Waals surface area contributed by atoms with Crippen LogP contribution in [0.1, 0.15) is 62.2 Å². The number of rotatable bonds is 9. The van der Waals surface area contributed by atoms with Crippen molar-refractivity contribution in [2.45, 2.75) is 53.1 Å². The van der Waals surface area contributed by atoms with Crippen molar-refractivity contribution in [2.75, 3.05) is 24.7 Å². The highest BCUT2D eigenvalue weighted by atomic mass is 32.2. The van der Waals surface area contributed by atoms with Gasteiger partial charge in [0.15, 0.2) is 0 Å². The van der Waals surface area contributed by atoms with E-state index in [-0.39, 0.29) is 31.0 Å². The number of hydrogen-bond acceptors (Lipinski definition) is 6. The average molecular weight is 689 g/mol. The van der Waals surface area contributed by atoms with E-state index >= 15 is 0 Å². The first kappa shape index (κ1) is 36.9. The Balaban J connectivity index is 0.00000130. The number of hydrogen-bond donors (Lipinski definition) is 3. The number of nitrogens with one attached hydrogen (secondary N) is 2. The molecule has 258 valence electrons. The summed E-state index contributed by atoms with van der Waals surface area (Å²) in [4.78, 5) is 33.0. The van der Waals surface area contributed by atoms with Crippen LogP contribution in [0.4, 0.5) is 14.5 Å². The van der Waals surface area contributed by atoms with Crippen molar-refractivity contribution in [3.05, 3.63) is 89.5 Å². The second-order valence-corrected chi connectivity index (χ2v) is 11.6. The van der Waals surface area contributed by atoms with Crippen molar-refractivity contribution in [1.82, 2.24) is 15.3 Å². The lowest BCUT2D eigenvalue weighted by molar-refractivity contribution is -0.136. The molecule has 6 rings (SSSR count). The van der Waals surface area contributed by atoms with Crippen molar-refractivity contribution in [1.29, 1.82) is 0 Å². The number of fused-ring (bicyclic) bond motifs is 2. The number of furan rings is 1. The third-order valence-electron chi connectivity index (χ3n) is 7.91. The predicted molar refractivity (Wildman–Crippen MR) is 197 cm³/mol. The Morgan fingerprint density at radius 2 is 1.88 bits per heavy atom. The van der Waals surface area contributed by atoms with Crippen LogP contribution in [0.3, 0.4) is 0 Å². The number of aromatic amines is 1. The van der Waals surface area contributed by atoms with E-state index in [1.54, 1.807) is 30.4 Å². The topological polar surface area (TPSA) is 111 Å². The quantitative estimate of drug-likeness (QED) is 0.132. The number of H-pyrrole nitrogens is 1. The molecule has 5 aromatic rings. The Labute approximate surface area is 289 Å². The van der Waals surface area contributed by atoms with E-state index in [9.17, 15) is 23.5 Å². The number of pyridine rings is 1. The molecule has 0 spiro atoms. The van der Waals surface area contributed by atoms with Gasteiger partial charge in [-0.3, -0.25) is 9.59 Å². The van der Waals surface area contributed by atoms with Crippen molar-refractivity contribution in [2.24, 2.45) is 0 Å². The molecule has 0 bridgehead atoms. The number of allylic oxidation sites excluding steroid dienone is 4. The van der Waals surface area contributed by atoms with Crippen LogP contribution in [-0.2, 0) is 11.2 Å². The van der Waals surface area contributed by atoms with Crippen molar-refractivity contribution >= 4 is 57.0 Å². The van der Waals surface area contributed by atoms with Gasteiger partial charge in [-0.2, -0.15) is 0 Å². The smallest absolute Gasteiger partial charge is 0.303 e. The van der Waals surface area contributed by atoms with E-state index in [0.717, 1.165) is 5.69 Å². The molecule has 0 aliphatic heterocycles. The van der Waals surface area contributed by atoms with Crippen LogP contribution in [0.2, 0.25) is 0 Å². The highest BCUT2D eigenvalue weighted by Crippen LogP contribution is 2.42. The maximum absolute atomic E-state index is 14.6. The zero-order valence-corrected chi connectivity index (χ0v) is 29.6. The average Bonchev–Trinajstić information content (AvgIpc) is 3.74. The highest BCUT2D eigenvalue weighted by molar-refractivity contribution is 7.99. The number of aliphatic carboxylic acids is 1. The molecule has 49 heavy (non-hydrogen) atoms. The lowest BCUT2D eigenvalue weighted by atomic mass is 9.97. The molecule has 0 saturated heterocycles. The molecule has 3 heterocycles. The number of anilines is 1. The predicted octanol–water partition coefficient (Wildman–Crippen LogP) is 9.61. The minimum Gasteiger partial charge on any atom is -0.481 e. The van der Waals surface area contributed by atoms with E-state index < -0.39 is 12.1 Å². The van der Waals surface area contributed by atoms with E-state index in [1.165, 1.54) is 31.1 Å². The first-order valence-electron chi connectivity index (χ1n) is 16.3. The lowest BCUT2D eigenvalue weighted by Gasteiger charge is -2.20. The molecular formula is C38H42F2N4O4S. The minimum atomic E-state index is -1.09. The number of aryl methyl sites for hydroxylation is 1. The third kappa shape index (κ3) is 7.72. The van der Waals surface area contributed by atoms with Gasteiger partial charge in [0.25, 0.3) is 5.91 Å². The van der Waals surface area contributed by atoms with Crippen LogP contribution in [0, 0.1) is 5.82 Å². The fourth-order valence-electron chi connectivity index (χ4n) is 5.57. The summed E-state index contributed by atoms with van der Waals surface area (Å²) >= 11 is 1.47. The van der Waals surface area contributed by atoms with Gasteiger partial charge in [0.1, 0.15) is 23.3 Å². The van der Waals surface area contributed by atoms with Gasteiger partial charge in [-0.05, 0) is 48.4 Å². The molecule has 2 aromatic carbocycles. The fourth-order valence-corrected chi connectivity index (χ4v) is 5.92. The largest absolute Gasteiger partial charge is 0.481 e. The van der Waals surface area contributed by atoms with Crippen LogP contribution in [-0.4, -0.2) is 53.5 Å². The second kappa shape index (κ2) is 16.5. The van der Waals surface area contributed by atoms with Gasteiger partial charge >= 0.3 is 5.97 Å². The van der Waals surface area contributed by atoms with Crippen LogP contribution in [0.25, 0.3) is 50.1 Å². The Kier molecular flexibility index (Phi) is 12.4. The maximum atomic E-state index is 14.6. The van der Waals surface area contributed by atoms with Gasteiger partial charge in [-0.1, -0.05) is 63.9 Å². The molecule has 3 aromatic heterocycles. The van der Waals surface area contributed by atoms with Gasteiger partial charge in [-0.25, -0.2) is 13.8 Å². The number of amides is 1.